The number of carbonyl (C=O) groups is 1. The third-order valence-electron chi connectivity index (χ3n) is 4.86. The van der Waals surface area contributed by atoms with Gasteiger partial charge < -0.3 is 19.9 Å². The van der Waals surface area contributed by atoms with Crippen LogP contribution in [0.15, 0.2) is 35.7 Å². The van der Waals surface area contributed by atoms with Crippen molar-refractivity contribution in [2.45, 2.75) is 13.0 Å². The Kier molecular flexibility index (Phi) is 5.76. The molecular weight excluding hydrogens is 348 g/mol. The van der Waals surface area contributed by atoms with Crippen molar-refractivity contribution in [1.82, 2.24) is 0 Å². The summed E-state index contributed by atoms with van der Waals surface area (Å²) in [6, 6.07) is 11.7. The van der Waals surface area contributed by atoms with Crippen LogP contribution < -0.4 is 19.9 Å². The summed E-state index contributed by atoms with van der Waals surface area (Å²) in [7, 11) is 1.69. The van der Waals surface area contributed by atoms with Crippen LogP contribution in [0.3, 0.4) is 0 Å². The highest BCUT2D eigenvalue weighted by Gasteiger charge is 2.30. The number of amides is 1. The van der Waals surface area contributed by atoms with Crippen LogP contribution in [0, 0.1) is 11.3 Å². The van der Waals surface area contributed by atoms with E-state index in [0.717, 1.165) is 37.6 Å². The molecule has 2 aromatic rings. The van der Waals surface area contributed by atoms with Crippen molar-refractivity contribution >= 4 is 27.9 Å². The van der Waals surface area contributed by atoms with E-state index in [9.17, 15) is 4.79 Å². The van der Waals surface area contributed by atoms with E-state index in [1.807, 2.05) is 30.5 Å². The second-order valence-corrected chi connectivity index (χ2v) is 7.22. The summed E-state index contributed by atoms with van der Waals surface area (Å²) >= 11 is 1.38. The Morgan fingerprint density at radius 3 is 2.77 bits per heavy atom. The summed E-state index contributed by atoms with van der Waals surface area (Å²) in [5.41, 5.74) is 1.62. The van der Waals surface area contributed by atoms with Gasteiger partial charge in [0, 0.05) is 0 Å². The number of thiophene rings is 1. The lowest BCUT2D eigenvalue weighted by molar-refractivity contribution is -0.914. The number of piperazine rings is 1. The summed E-state index contributed by atoms with van der Waals surface area (Å²) in [6.45, 7) is 5.44. The first-order valence-corrected chi connectivity index (χ1v) is 9.53. The van der Waals surface area contributed by atoms with Crippen LogP contribution in [0.5, 0.6) is 5.75 Å². The number of methoxy groups -OCH3 is 1. The fourth-order valence-corrected chi connectivity index (χ4v) is 4.00. The zero-order valence-corrected chi connectivity index (χ0v) is 15.8. The monoisotopic (exact) mass is 371 g/mol. The molecule has 0 bridgehead atoms. The molecule has 1 aliphatic heterocycles. The van der Waals surface area contributed by atoms with E-state index >= 15 is 0 Å². The number of rotatable bonds is 5. The van der Waals surface area contributed by atoms with Crippen molar-refractivity contribution in [3.8, 4) is 11.8 Å². The number of hydrogen-bond donors (Lipinski definition) is 2. The summed E-state index contributed by atoms with van der Waals surface area (Å²) in [5, 5.41) is 14.4. The molecule has 1 atom stereocenters. The average Bonchev–Trinajstić information content (AvgIpc) is 3.14. The van der Waals surface area contributed by atoms with Gasteiger partial charge in [-0.2, -0.15) is 5.26 Å². The van der Waals surface area contributed by atoms with E-state index in [-0.39, 0.29) is 11.9 Å². The lowest BCUT2D eigenvalue weighted by Gasteiger charge is -2.36. The Morgan fingerprint density at radius 2 is 2.08 bits per heavy atom. The Hall–Kier alpha value is -2.56. The minimum atomic E-state index is -0.163. The molecule has 136 valence electrons. The van der Waals surface area contributed by atoms with Gasteiger partial charge in [0.15, 0.2) is 6.04 Å². The van der Waals surface area contributed by atoms with Crippen LogP contribution in [0.1, 0.15) is 12.5 Å². The maximum atomic E-state index is 12.6. The molecule has 2 N–H and O–H groups in total. The molecule has 2 heterocycles. The van der Waals surface area contributed by atoms with Gasteiger partial charge in [-0.1, -0.05) is 12.1 Å². The van der Waals surface area contributed by atoms with Crippen molar-refractivity contribution in [2.24, 2.45) is 0 Å². The van der Waals surface area contributed by atoms with Gasteiger partial charge in [0.1, 0.15) is 16.8 Å². The molecule has 6 nitrogen and oxygen atoms in total. The Bertz CT molecular complexity index is 806. The van der Waals surface area contributed by atoms with Crippen molar-refractivity contribution in [3.63, 3.8) is 0 Å². The molecular formula is C19H23N4O2S+. The van der Waals surface area contributed by atoms with Gasteiger partial charge in [0.05, 0.1) is 44.5 Å². The van der Waals surface area contributed by atoms with E-state index in [4.69, 9.17) is 10.00 Å². The number of carbonyl (C=O) groups excluding carboxylic acids is 1. The average molecular weight is 371 g/mol. The van der Waals surface area contributed by atoms with Gasteiger partial charge in [-0.3, -0.25) is 4.79 Å². The highest BCUT2D eigenvalue weighted by molar-refractivity contribution is 7.14. The molecule has 0 radical (unpaired) electrons. The highest BCUT2D eigenvalue weighted by atomic mass is 32.1. The van der Waals surface area contributed by atoms with Gasteiger partial charge in [0.2, 0.25) is 0 Å². The van der Waals surface area contributed by atoms with E-state index in [1.54, 1.807) is 13.2 Å². The second kappa shape index (κ2) is 8.21. The quantitative estimate of drug-likeness (QED) is 0.833. The molecule has 0 spiro atoms. The van der Waals surface area contributed by atoms with Crippen LogP contribution in [0.25, 0.3) is 0 Å². The molecule has 7 heteroatoms. The third kappa shape index (κ3) is 3.82. The van der Waals surface area contributed by atoms with Crippen LogP contribution in [0.4, 0.5) is 10.7 Å². The molecule has 0 saturated carbocycles. The number of nitriles is 1. The Morgan fingerprint density at radius 1 is 1.35 bits per heavy atom. The molecule has 3 rings (SSSR count). The lowest BCUT2D eigenvalue weighted by Crippen LogP contribution is -3.19. The first-order valence-electron chi connectivity index (χ1n) is 8.65. The Balaban J connectivity index is 1.59. The Labute approximate surface area is 157 Å². The third-order valence-corrected chi connectivity index (χ3v) is 5.69. The summed E-state index contributed by atoms with van der Waals surface area (Å²) in [6.07, 6.45) is 0. The zero-order valence-electron chi connectivity index (χ0n) is 15.0. The van der Waals surface area contributed by atoms with Gasteiger partial charge in [-0.15, -0.1) is 11.3 Å². The minimum absolute atomic E-state index is 0.0373. The molecule has 1 saturated heterocycles. The normalized spacial score (nSPS) is 16.0. The summed E-state index contributed by atoms with van der Waals surface area (Å²) < 4.78 is 5.45. The molecule has 1 fully saturated rings. The molecule has 0 aliphatic carbocycles. The fraction of sp³-hybridized carbons (Fsp3) is 0.368. The first-order chi connectivity index (χ1) is 12.6. The fourth-order valence-electron chi connectivity index (χ4n) is 3.26. The molecule has 26 heavy (non-hydrogen) atoms. The smallest absolute Gasteiger partial charge is 0.283 e. The van der Waals surface area contributed by atoms with E-state index in [0.29, 0.717) is 10.6 Å². The number of hydrogen-bond acceptors (Lipinski definition) is 5. The van der Waals surface area contributed by atoms with Crippen LogP contribution in [-0.2, 0) is 4.79 Å². The molecule has 1 aliphatic rings. The highest BCUT2D eigenvalue weighted by Crippen LogP contribution is 2.27. The molecule has 1 amide bonds. The number of para-hydroxylation sites is 2. The second-order valence-electron chi connectivity index (χ2n) is 6.30. The zero-order chi connectivity index (χ0) is 18.5. The van der Waals surface area contributed by atoms with Crippen molar-refractivity contribution < 1.29 is 14.4 Å². The minimum Gasteiger partial charge on any atom is -0.495 e. The maximum absolute atomic E-state index is 12.6. The van der Waals surface area contributed by atoms with Crippen molar-refractivity contribution in [3.05, 3.63) is 41.3 Å². The SMILES string of the molecule is COc1ccccc1N1CC[NH+]([C@H](C)C(=O)Nc2sccc2C#N)CC1. The first kappa shape index (κ1) is 18.2. The van der Waals surface area contributed by atoms with E-state index in [1.165, 1.54) is 16.2 Å². The number of nitrogens with zero attached hydrogens (tertiary/aromatic N) is 2. The van der Waals surface area contributed by atoms with Gasteiger partial charge in [-0.05, 0) is 30.5 Å². The lowest BCUT2D eigenvalue weighted by atomic mass is 10.2. The topological polar surface area (TPSA) is 69.8 Å². The largest absolute Gasteiger partial charge is 0.495 e. The molecule has 1 aromatic heterocycles. The standard InChI is InChI=1S/C19H22N4O2S/c1-14(18(24)21-19-15(13-20)7-12-26-19)22-8-10-23(11-9-22)16-5-3-4-6-17(16)25-2/h3-7,12,14H,8-11H2,1-2H3,(H,21,24)/p+1/t14-/m1/s1. The summed E-state index contributed by atoms with van der Waals surface area (Å²) in [4.78, 5) is 16.1. The van der Waals surface area contributed by atoms with E-state index < -0.39 is 0 Å². The summed E-state index contributed by atoms with van der Waals surface area (Å²) in [5.74, 6) is 0.841. The number of ether oxygens (including phenoxy) is 1. The maximum Gasteiger partial charge on any atom is 0.283 e. The number of benzene rings is 1. The van der Waals surface area contributed by atoms with Crippen LogP contribution >= 0.6 is 11.3 Å². The van der Waals surface area contributed by atoms with Crippen LogP contribution in [0.2, 0.25) is 0 Å². The molecule has 0 unspecified atom stereocenters. The van der Waals surface area contributed by atoms with E-state index in [2.05, 4.69) is 22.4 Å². The number of anilines is 2. The number of nitrogens with one attached hydrogen (secondary N) is 2. The number of quaternary nitrogens is 1. The van der Waals surface area contributed by atoms with Crippen LogP contribution in [-0.4, -0.2) is 45.2 Å². The van der Waals surface area contributed by atoms with Crippen molar-refractivity contribution in [2.75, 3.05) is 43.5 Å². The molecule has 1 aromatic carbocycles. The van der Waals surface area contributed by atoms with Gasteiger partial charge in [0.25, 0.3) is 5.91 Å². The predicted octanol–water partition coefficient (Wildman–Crippen LogP) is 1.36. The van der Waals surface area contributed by atoms with Crippen molar-refractivity contribution in [1.29, 1.82) is 5.26 Å². The van der Waals surface area contributed by atoms with Gasteiger partial charge >= 0.3 is 0 Å². The predicted molar refractivity (Wildman–Crippen MR) is 103 cm³/mol. The van der Waals surface area contributed by atoms with Gasteiger partial charge in [-0.25, -0.2) is 0 Å².